The van der Waals surface area contributed by atoms with Crippen LogP contribution in [0.3, 0.4) is 0 Å². The van der Waals surface area contributed by atoms with Crippen molar-refractivity contribution in [1.82, 2.24) is 5.32 Å². The van der Waals surface area contributed by atoms with Gasteiger partial charge in [-0.05, 0) is 12.8 Å². The SMILES string of the molecule is CCCCCCCCCCCCCC(=O)NC(COC1OC(CO)C(OC2OC(CO)C(OC3OC(CO)C(O)C(O)C3O)C(O)C2O)C(O)C1O)C(O)CCCCCCCC. The van der Waals surface area contributed by atoms with Gasteiger partial charge < -0.3 is 89.9 Å². The summed E-state index contributed by atoms with van der Waals surface area (Å²) in [6.45, 7) is 1.65. The highest BCUT2D eigenvalue weighted by Gasteiger charge is 2.53. The lowest BCUT2D eigenvalue weighted by Crippen LogP contribution is -2.66. The third-order valence-electron chi connectivity index (χ3n) is 12.2. The maximum atomic E-state index is 13.1. The number of carbonyl (C=O) groups excluding carboxylic acids is 1. The van der Waals surface area contributed by atoms with Gasteiger partial charge in [-0.1, -0.05) is 117 Å². The van der Waals surface area contributed by atoms with Gasteiger partial charge in [-0.2, -0.15) is 0 Å². The maximum Gasteiger partial charge on any atom is 0.220 e. The summed E-state index contributed by atoms with van der Waals surface area (Å²) in [4.78, 5) is 13.1. The van der Waals surface area contributed by atoms with E-state index in [4.69, 9.17) is 28.4 Å². The molecule has 0 radical (unpaired) electrons. The summed E-state index contributed by atoms with van der Waals surface area (Å²) in [6.07, 6.45) is -7.21. The van der Waals surface area contributed by atoms with Crippen molar-refractivity contribution in [3.63, 3.8) is 0 Å². The molecule has 17 unspecified atom stereocenters. The number of ether oxygens (including phenoxy) is 6. The molecule has 19 nitrogen and oxygen atoms in total. The van der Waals surface area contributed by atoms with Gasteiger partial charge in [0, 0.05) is 6.42 Å². The molecule has 3 heterocycles. The predicted octanol–water partition coefficient (Wildman–Crippen LogP) is -0.251. The molecular weight excluding hydrogens is 818 g/mol. The zero-order valence-corrected chi connectivity index (χ0v) is 36.9. The van der Waals surface area contributed by atoms with Crippen molar-refractivity contribution in [3.05, 3.63) is 0 Å². The first-order valence-electron chi connectivity index (χ1n) is 23.3. The summed E-state index contributed by atoms with van der Waals surface area (Å²) in [6, 6.07) is -0.874. The highest BCUT2D eigenvalue weighted by Crippen LogP contribution is 2.33. The number of amides is 1. The van der Waals surface area contributed by atoms with E-state index in [0.29, 0.717) is 12.8 Å². The Morgan fingerprint density at radius 2 is 0.919 bits per heavy atom. The Hall–Kier alpha value is -1.21. The molecule has 17 atom stereocenters. The van der Waals surface area contributed by atoms with Crippen molar-refractivity contribution < 1.29 is 89.4 Å². The Morgan fingerprint density at radius 3 is 1.40 bits per heavy atom. The van der Waals surface area contributed by atoms with Gasteiger partial charge in [-0.25, -0.2) is 0 Å². The first kappa shape index (κ1) is 55.1. The molecule has 0 spiro atoms. The number of carbonyl (C=O) groups is 1. The first-order valence-corrected chi connectivity index (χ1v) is 23.3. The summed E-state index contributed by atoms with van der Waals surface area (Å²) in [5.41, 5.74) is 0. The molecule has 62 heavy (non-hydrogen) atoms. The zero-order valence-electron chi connectivity index (χ0n) is 36.9. The highest BCUT2D eigenvalue weighted by molar-refractivity contribution is 5.76. The van der Waals surface area contributed by atoms with E-state index < -0.39 is 124 Å². The lowest BCUT2D eigenvalue weighted by molar-refractivity contribution is -0.379. The van der Waals surface area contributed by atoms with Crippen molar-refractivity contribution in [2.75, 3.05) is 26.4 Å². The fourth-order valence-corrected chi connectivity index (χ4v) is 8.19. The lowest BCUT2D eigenvalue weighted by atomic mass is 9.96. The number of hydrogen-bond donors (Lipinski definition) is 12. The van der Waals surface area contributed by atoms with E-state index in [2.05, 4.69) is 19.2 Å². The molecule has 3 aliphatic rings. The van der Waals surface area contributed by atoms with Crippen LogP contribution in [-0.2, 0) is 33.2 Å². The molecule has 0 aromatic rings. The number of nitrogens with one attached hydrogen (secondary N) is 1. The van der Waals surface area contributed by atoms with Crippen LogP contribution in [-0.4, -0.2) is 193 Å². The van der Waals surface area contributed by atoms with Gasteiger partial charge in [0.2, 0.25) is 5.91 Å². The fourth-order valence-electron chi connectivity index (χ4n) is 8.19. The third-order valence-corrected chi connectivity index (χ3v) is 12.2. The van der Waals surface area contributed by atoms with Crippen LogP contribution in [0, 0.1) is 0 Å². The van der Waals surface area contributed by atoms with E-state index in [1.807, 2.05) is 0 Å². The number of aliphatic hydroxyl groups excluding tert-OH is 11. The minimum atomic E-state index is -1.96. The van der Waals surface area contributed by atoms with Crippen LogP contribution >= 0.6 is 0 Å². The first-order chi connectivity index (χ1) is 29.8. The standard InChI is InChI=1S/C43H81NO18/c1-3-5-7-9-11-12-13-14-15-17-19-21-31(49)44-26(27(48)20-18-16-10-8-6-4-2)25-57-41-37(55)34(52)39(29(23-46)59-41)62-43-38(56)35(53)40(30(24-47)60-43)61-42-36(54)33(51)32(50)28(22-45)58-42/h26-30,32-43,45-48,50-56H,3-25H2,1-2H3,(H,44,49). The number of aliphatic hydroxyl groups is 11. The fraction of sp³-hybridized carbons (Fsp3) is 0.977. The molecule has 1 amide bonds. The van der Waals surface area contributed by atoms with Crippen LogP contribution in [0.15, 0.2) is 0 Å². The molecule has 0 bridgehead atoms. The average molecular weight is 900 g/mol. The van der Waals surface area contributed by atoms with Gasteiger partial charge >= 0.3 is 0 Å². The Balaban J connectivity index is 1.57. The van der Waals surface area contributed by atoms with Crippen molar-refractivity contribution in [1.29, 1.82) is 0 Å². The summed E-state index contributed by atoms with van der Waals surface area (Å²) in [7, 11) is 0. The van der Waals surface area contributed by atoms with Gasteiger partial charge in [0.1, 0.15) is 73.2 Å². The third kappa shape index (κ3) is 17.2. The van der Waals surface area contributed by atoms with Crippen LogP contribution in [0.1, 0.15) is 136 Å². The van der Waals surface area contributed by atoms with Crippen LogP contribution in [0.4, 0.5) is 0 Å². The van der Waals surface area contributed by atoms with Crippen molar-refractivity contribution in [2.45, 2.75) is 240 Å². The second kappa shape index (κ2) is 30.1. The molecule has 3 fully saturated rings. The molecule has 366 valence electrons. The average Bonchev–Trinajstić information content (AvgIpc) is 3.26. The van der Waals surface area contributed by atoms with Gasteiger partial charge in [-0.3, -0.25) is 4.79 Å². The Kier molecular flexibility index (Phi) is 26.8. The van der Waals surface area contributed by atoms with E-state index in [1.54, 1.807) is 0 Å². The Labute approximate surface area is 366 Å². The smallest absolute Gasteiger partial charge is 0.220 e. The van der Waals surface area contributed by atoms with Gasteiger partial charge in [0.15, 0.2) is 18.9 Å². The predicted molar refractivity (Wildman–Crippen MR) is 222 cm³/mol. The van der Waals surface area contributed by atoms with Crippen molar-refractivity contribution in [3.8, 4) is 0 Å². The number of rotatable bonds is 31. The molecule has 3 rings (SSSR count). The van der Waals surface area contributed by atoms with Crippen molar-refractivity contribution in [2.24, 2.45) is 0 Å². The molecule has 12 N–H and O–H groups in total. The lowest BCUT2D eigenvalue weighted by Gasteiger charge is -2.48. The van der Waals surface area contributed by atoms with E-state index in [1.165, 1.54) is 44.9 Å². The minimum absolute atomic E-state index is 0.251. The van der Waals surface area contributed by atoms with Gasteiger partial charge in [-0.15, -0.1) is 0 Å². The quantitative estimate of drug-likeness (QED) is 0.0399. The van der Waals surface area contributed by atoms with Crippen LogP contribution in [0.25, 0.3) is 0 Å². The highest BCUT2D eigenvalue weighted by atomic mass is 16.8. The van der Waals surface area contributed by atoms with Crippen LogP contribution < -0.4 is 5.32 Å². The van der Waals surface area contributed by atoms with Gasteiger partial charge in [0.05, 0.1) is 38.6 Å². The summed E-state index contributed by atoms with van der Waals surface area (Å²) < 4.78 is 34.0. The summed E-state index contributed by atoms with van der Waals surface area (Å²) in [5, 5.41) is 119. The van der Waals surface area contributed by atoms with E-state index in [9.17, 15) is 61.0 Å². The summed E-state index contributed by atoms with van der Waals surface area (Å²) in [5.74, 6) is -0.251. The molecule has 3 aliphatic heterocycles. The largest absolute Gasteiger partial charge is 0.394 e. The molecule has 0 saturated carbocycles. The number of hydrogen-bond acceptors (Lipinski definition) is 18. The molecule has 0 aliphatic carbocycles. The molecule has 0 aromatic carbocycles. The number of unbranched alkanes of at least 4 members (excludes halogenated alkanes) is 15. The Morgan fingerprint density at radius 1 is 0.516 bits per heavy atom. The van der Waals surface area contributed by atoms with Crippen LogP contribution in [0.5, 0.6) is 0 Å². The van der Waals surface area contributed by atoms with E-state index >= 15 is 0 Å². The molecule has 19 heteroatoms. The monoisotopic (exact) mass is 900 g/mol. The van der Waals surface area contributed by atoms with E-state index in [-0.39, 0.29) is 18.9 Å². The molecule has 0 aromatic heterocycles. The van der Waals surface area contributed by atoms with Gasteiger partial charge in [0.25, 0.3) is 0 Å². The topological polar surface area (TPSA) is 307 Å². The normalized spacial score (nSPS) is 35.1. The van der Waals surface area contributed by atoms with E-state index in [0.717, 1.165) is 57.8 Å². The van der Waals surface area contributed by atoms with Crippen molar-refractivity contribution >= 4 is 5.91 Å². The van der Waals surface area contributed by atoms with Crippen LogP contribution in [0.2, 0.25) is 0 Å². The minimum Gasteiger partial charge on any atom is -0.394 e. The maximum absolute atomic E-state index is 13.1. The second-order valence-electron chi connectivity index (χ2n) is 17.2. The molecule has 3 saturated heterocycles. The second-order valence-corrected chi connectivity index (χ2v) is 17.2. The Bertz CT molecular complexity index is 1170. The summed E-state index contributed by atoms with van der Waals surface area (Å²) >= 11 is 0. The molecular formula is C43H81NO18. The zero-order chi connectivity index (χ0) is 45.6.